The average Bonchev–Trinajstić information content (AvgIpc) is 2.28. The molecule has 1 aliphatic rings. The van der Waals surface area contributed by atoms with E-state index < -0.39 is 0 Å². The van der Waals surface area contributed by atoms with Crippen LogP contribution in [0.3, 0.4) is 0 Å². The molecule has 0 aromatic heterocycles. The van der Waals surface area contributed by atoms with Gasteiger partial charge in [0.15, 0.2) is 0 Å². The molecule has 0 bridgehead atoms. The highest BCUT2D eigenvalue weighted by Gasteiger charge is 2.23. The van der Waals surface area contributed by atoms with Gasteiger partial charge in [0.2, 0.25) is 0 Å². The number of methoxy groups -OCH3 is 1. The quantitative estimate of drug-likeness (QED) is 0.763. The van der Waals surface area contributed by atoms with E-state index in [4.69, 9.17) is 10.5 Å². The van der Waals surface area contributed by atoms with Crippen LogP contribution in [0.15, 0.2) is 18.2 Å². The smallest absolute Gasteiger partial charge is 0.341 e. The predicted molar refractivity (Wildman–Crippen MR) is 62.1 cm³/mol. The molecule has 0 saturated heterocycles. The van der Waals surface area contributed by atoms with E-state index >= 15 is 0 Å². The molecular weight excluding hydrogens is 230 g/mol. The first-order chi connectivity index (χ1) is 7.24. The zero-order chi connectivity index (χ0) is 10.8. The van der Waals surface area contributed by atoms with E-state index in [0.717, 1.165) is 12.0 Å². The van der Waals surface area contributed by atoms with Gasteiger partial charge in [-0.1, -0.05) is 12.1 Å². The van der Waals surface area contributed by atoms with Crippen LogP contribution in [0.1, 0.15) is 28.4 Å². The third-order valence-corrected chi connectivity index (χ3v) is 2.53. The normalized spacial score (nSPS) is 17.8. The molecule has 0 saturated carbocycles. The fourth-order valence-electron chi connectivity index (χ4n) is 1.72. The van der Waals surface area contributed by atoms with Gasteiger partial charge < -0.3 is 15.2 Å². The van der Waals surface area contributed by atoms with Crippen molar-refractivity contribution in [1.82, 2.24) is 0 Å². The topological polar surface area (TPSA) is 61.5 Å². The molecule has 0 unspecified atom stereocenters. The summed E-state index contributed by atoms with van der Waals surface area (Å²) >= 11 is 0. The Kier molecular flexibility index (Phi) is 4.15. The van der Waals surface area contributed by atoms with Gasteiger partial charge >= 0.3 is 5.97 Å². The van der Waals surface area contributed by atoms with Gasteiger partial charge in [0.1, 0.15) is 11.3 Å². The molecule has 1 aromatic carbocycles. The second-order valence-electron chi connectivity index (χ2n) is 3.46. The van der Waals surface area contributed by atoms with Crippen molar-refractivity contribution < 1.29 is 14.3 Å². The Morgan fingerprint density at radius 1 is 1.56 bits per heavy atom. The number of para-hydroxylation sites is 1. The molecule has 2 N–H and O–H groups in total. The Labute approximate surface area is 100 Å². The standard InChI is InChI=1S/C11H13NO3.ClH/c1-14-11(13)8-4-2-3-7-9(12)5-6-15-10(7)8;/h2-4,9H,5-6,12H2,1H3;1H/t9-;/m0./s1. The lowest BCUT2D eigenvalue weighted by Crippen LogP contribution is -2.22. The van der Waals surface area contributed by atoms with Crippen LogP contribution in [-0.2, 0) is 4.74 Å². The summed E-state index contributed by atoms with van der Waals surface area (Å²) in [5, 5.41) is 0. The van der Waals surface area contributed by atoms with Gasteiger partial charge in [-0.05, 0) is 6.07 Å². The fraction of sp³-hybridized carbons (Fsp3) is 0.364. The number of halogens is 1. The highest BCUT2D eigenvalue weighted by Crippen LogP contribution is 2.33. The minimum absolute atomic E-state index is 0. The summed E-state index contributed by atoms with van der Waals surface area (Å²) in [5.74, 6) is 0.184. The second-order valence-corrected chi connectivity index (χ2v) is 3.46. The van der Waals surface area contributed by atoms with E-state index in [9.17, 15) is 4.79 Å². The van der Waals surface area contributed by atoms with E-state index in [-0.39, 0.29) is 24.4 Å². The van der Waals surface area contributed by atoms with E-state index in [2.05, 4.69) is 4.74 Å². The molecule has 1 aromatic rings. The predicted octanol–water partition coefficient (Wildman–Crippen LogP) is 1.68. The fourth-order valence-corrected chi connectivity index (χ4v) is 1.72. The third kappa shape index (κ3) is 2.13. The van der Waals surface area contributed by atoms with E-state index in [1.165, 1.54) is 7.11 Å². The molecule has 1 aliphatic heterocycles. The maximum atomic E-state index is 11.4. The SMILES string of the molecule is COC(=O)c1cccc2c1OCC[C@@H]2N.Cl. The summed E-state index contributed by atoms with van der Waals surface area (Å²) in [6, 6.07) is 5.30. The van der Waals surface area contributed by atoms with Crippen LogP contribution in [0, 0.1) is 0 Å². The number of hydrogen-bond donors (Lipinski definition) is 1. The van der Waals surface area contributed by atoms with Gasteiger partial charge in [0.25, 0.3) is 0 Å². The van der Waals surface area contributed by atoms with Gasteiger partial charge in [-0.3, -0.25) is 0 Å². The molecule has 1 atom stereocenters. The molecule has 0 aliphatic carbocycles. The summed E-state index contributed by atoms with van der Waals surface area (Å²) in [4.78, 5) is 11.4. The number of nitrogens with two attached hydrogens (primary N) is 1. The van der Waals surface area contributed by atoms with E-state index in [1.807, 2.05) is 6.07 Å². The van der Waals surface area contributed by atoms with Gasteiger partial charge in [0.05, 0.1) is 13.7 Å². The van der Waals surface area contributed by atoms with Crippen LogP contribution >= 0.6 is 12.4 Å². The molecule has 0 spiro atoms. The Hall–Kier alpha value is -1.26. The summed E-state index contributed by atoms with van der Waals surface area (Å²) in [5.41, 5.74) is 7.25. The van der Waals surface area contributed by atoms with Crippen molar-refractivity contribution in [1.29, 1.82) is 0 Å². The van der Waals surface area contributed by atoms with Crippen LogP contribution in [0.5, 0.6) is 5.75 Å². The molecule has 0 fully saturated rings. The Morgan fingerprint density at radius 3 is 3.00 bits per heavy atom. The van der Waals surface area contributed by atoms with E-state index in [1.54, 1.807) is 12.1 Å². The lowest BCUT2D eigenvalue weighted by molar-refractivity contribution is 0.0594. The van der Waals surface area contributed by atoms with Crippen molar-refractivity contribution >= 4 is 18.4 Å². The largest absolute Gasteiger partial charge is 0.492 e. The van der Waals surface area contributed by atoms with Crippen molar-refractivity contribution in [2.45, 2.75) is 12.5 Å². The lowest BCUT2D eigenvalue weighted by atomic mass is 9.98. The molecule has 0 amide bonds. The first-order valence-corrected chi connectivity index (χ1v) is 4.83. The van der Waals surface area contributed by atoms with Crippen molar-refractivity contribution in [3.63, 3.8) is 0 Å². The van der Waals surface area contributed by atoms with Gasteiger partial charge in [-0.25, -0.2) is 4.79 Å². The summed E-state index contributed by atoms with van der Waals surface area (Å²) in [6.45, 7) is 0.544. The molecule has 1 heterocycles. The number of ether oxygens (including phenoxy) is 2. The van der Waals surface area contributed by atoms with Crippen molar-refractivity contribution in [2.75, 3.05) is 13.7 Å². The van der Waals surface area contributed by atoms with Crippen molar-refractivity contribution in [3.05, 3.63) is 29.3 Å². The number of carbonyl (C=O) groups is 1. The summed E-state index contributed by atoms with van der Waals surface area (Å²) in [7, 11) is 1.35. The molecule has 2 rings (SSSR count). The van der Waals surface area contributed by atoms with Crippen LogP contribution in [-0.4, -0.2) is 19.7 Å². The molecule has 16 heavy (non-hydrogen) atoms. The van der Waals surface area contributed by atoms with Crippen LogP contribution in [0.2, 0.25) is 0 Å². The number of esters is 1. The van der Waals surface area contributed by atoms with Crippen molar-refractivity contribution in [2.24, 2.45) is 5.73 Å². The summed E-state index contributed by atoms with van der Waals surface area (Å²) < 4.78 is 10.1. The number of benzene rings is 1. The first-order valence-electron chi connectivity index (χ1n) is 4.83. The van der Waals surface area contributed by atoms with Gasteiger partial charge in [0, 0.05) is 18.0 Å². The van der Waals surface area contributed by atoms with Crippen LogP contribution in [0.25, 0.3) is 0 Å². The molecule has 0 radical (unpaired) electrons. The van der Waals surface area contributed by atoms with Crippen molar-refractivity contribution in [3.8, 4) is 5.75 Å². The molecular formula is C11H14ClNO3. The van der Waals surface area contributed by atoms with Crippen LogP contribution < -0.4 is 10.5 Å². The molecule has 5 heteroatoms. The van der Waals surface area contributed by atoms with Gasteiger partial charge in [-0.2, -0.15) is 0 Å². The Morgan fingerprint density at radius 2 is 2.31 bits per heavy atom. The maximum absolute atomic E-state index is 11.4. The van der Waals surface area contributed by atoms with Gasteiger partial charge in [-0.15, -0.1) is 12.4 Å². The monoisotopic (exact) mass is 243 g/mol. The van der Waals surface area contributed by atoms with Crippen LogP contribution in [0.4, 0.5) is 0 Å². The highest BCUT2D eigenvalue weighted by molar-refractivity contribution is 5.93. The number of carbonyl (C=O) groups excluding carboxylic acids is 1. The zero-order valence-corrected chi connectivity index (χ0v) is 9.75. The Bertz CT molecular complexity index is 395. The third-order valence-electron chi connectivity index (χ3n) is 2.53. The highest BCUT2D eigenvalue weighted by atomic mass is 35.5. The Balaban J connectivity index is 0.00000128. The lowest BCUT2D eigenvalue weighted by Gasteiger charge is -2.24. The maximum Gasteiger partial charge on any atom is 0.341 e. The summed E-state index contributed by atoms with van der Waals surface area (Å²) in [6.07, 6.45) is 0.775. The average molecular weight is 244 g/mol. The van der Waals surface area contributed by atoms with E-state index in [0.29, 0.717) is 17.9 Å². The first kappa shape index (κ1) is 12.8. The molecule has 88 valence electrons. The number of hydrogen-bond acceptors (Lipinski definition) is 4. The number of rotatable bonds is 1. The minimum atomic E-state index is -0.388. The second kappa shape index (κ2) is 5.18. The number of fused-ring (bicyclic) bond motifs is 1. The zero-order valence-electron chi connectivity index (χ0n) is 8.93. The molecule has 4 nitrogen and oxygen atoms in total. The minimum Gasteiger partial charge on any atom is -0.492 e.